The normalized spacial score (nSPS) is 11.2. The van der Waals surface area contributed by atoms with Crippen molar-refractivity contribution < 1.29 is 19.1 Å². The Hall–Kier alpha value is -2.70. The number of ether oxygens (including phenoxy) is 2. The fourth-order valence-electron chi connectivity index (χ4n) is 1.75. The van der Waals surface area contributed by atoms with Crippen LogP contribution in [0.1, 0.15) is 26.3 Å². The molecular formula is C17H25N3O4. The average molecular weight is 335 g/mol. The maximum Gasteiger partial charge on any atom is 0.407 e. The van der Waals surface area contributed by atoms with E-state index in [2.05, 4.69) is 15.4 Å². The van der Waals surface area contributed by atoms with Crippen molar-refractivity contribution in [3.8, 4) is 0 Å². The second-order valence-electron chi connectivity index (χ2n) is 6.06. The molecule has 7 nitrogen and oxygen atoms in total. The van der Waals surface area contributed by atoms with Crippen LogP contribution in [0.2, 0.25) is 0 Å². The summed E-state index contributed by atoms with van der Waals surface area (Å²) in [5.74, 6) is -0.427. The molecule has 0 saturated heterocycles. The summed E-state index contributed by atoms with van der Waals surface area (Å²) in [7, 11) is 1.32. The number of esters is 1. The Morgan fingerprint density at radius 1 is 1.25 bits per heavy atom. The third-order valence-corrected chi connectivity index (χ3v) is 2.80. The van der Waals surface area contributed by atoms with Crippen molar-refractivity contribution in [3.05, 3.63) is 29.8 Å². The fraction of sp³-hybridized carbons (Fsp3) is 0.412. The lowest BCUT2D eigenvalue weighted by Gasteiger charge is -2.19. The van der Waals surface area contributed by atoms with E-state index in [4.69, 9.17) is 10.5 Å². The van der Waals surface area contributed by atoms with Gasteiger partial charge in [0.1, 0.15) is 5.60 Å². The first kappa shape index (κ1) is 19.3. The maximum absolute atomic E-state index is 11.5. The zero-order chi connectivity index (χ0) is 18.2. The van der Waals surface area contributed by atoms with Gasteiger partial charge in [-0.15, -0.1) is 0 Å². The zero-order valence-electron chi connectivity index (χ0n) is 14.5. The summed E-state index contributed by atoms with van der Waals surface area (Å²) in [6.07, 6.45) is 2.49. The molecule has 0 aromatic heterocycles. The molecule has 0 spiro atoms. The third-order valence-electron chi connectivity index (χ3n) is 2.80. The van der Waals surface area contributed by atoms with Crippen molar-refractivity contribution >= 4 is 29.5 Å². The molecule has 1 aromatic carbocycles. The molecular weight excluding hydrogens is 310 g/mol. The van der Waals surface area contributed by atoms with E-state index in [0.29, 0.717) is 18.8 Å². The summed E-state index contributed by atoms with van der Waals surface area (Å²) >= 11 is 0. The van der Waals surface area contributed by atoms with Gasteiger partial charge in [-0.25, -0.2) is 9.59 Å². The van der Waals surface area contributed by atoms with Crippen LogP contribution in [0.5, 0.6) is 0 Å². The van der Waals surface area contributed by atoms with E-state index in [1.807, 2.05) is 26.8 Å². The Labute approximate surface area is 142 Å². The molecule has 0 fully saturated rings. The van der Waals surface area contributed by atoms with Crippen molar-refractivity contribution in [1.82, 2.24) is 5.32 Å². The zero-order valence-corrected chi connectivity index (χ0v) is 14.5. The van der Waals surface area contributed by atoms with E-state index in [-0.39, 0.29) is 0 Å². The number of carbonyl (C=O) groups is 2. The topological polar surface area (TPSA) is 103 Å². The quantitative estimate of drug-likeness (QED) is 0.319. The number of nitrogens with one attached hydrogen (secondary N) is 2. The Morgan fingerprint density at radius 3 is 2.54 bits per heavy atom. The number of amides is 1. The van der Waals surface area contributed by atoms with Crippen molar-refractivity contribution in [1.29, 1.82) is 0 Å². The summed E-state index contributed by atoms with van der Waals surface area (Å²) in [6.45, 7) is 6.32. The van der Waals surface area contributed by atoms with Gasteiger partial charge in [-0.1, -0.05) is 6.07 Å². The summed E-state index contributed by atoms with van der Waals surface area (Å²) in [5.41, 5.74) is 7.52. The van der Waals surface area contributed by atoms with Gasteiger partial charge in [-0.05, 0) is 44.5 Å². The van der Waals surface area contributed by atoms with Crippen molar-refractivity contribution in [2.75, 3.05) is 31.2 Å². The van der Waals surface area contributed by atoms with E-state index in [9.17, 15) is 9.59 Å². The van der Waals surface area contributed by atoms with Gasteiger partial charge in [0.2, 0.25) is 0 Å². The highest BCUT2D eigenvalue weighted by Gasteiger charge is 2.15. The van der Waals surface area contributed by atoms with Crippen LogP contribution in [0.4, 0.5) is 16.2 Å². The van der Waals surface area contributed by atoms with Gasteiger partial charge >= 0.3 is 12.1 Å². The summed E-state index contributed by atoms with van der Waals surface area (Å²) in [4.78, 5) is 22.6. The second-order valence-corrected chi connectivity index (χ2v) is 6.06. The van der Waals surface area contributed by atoms with E-state index in [1.165, 1.54) is 13.2 Å². The van der Waals surface area contributed by atoms with Crippen LogP contribution < -0.4 is 16.4 Å². The van der Waals surface area contributed by atoms with E-state index >= 15 is 0 Å². The minimum Gasteiger partial charge on any atom is -0.466 e. The molecule has 0 unspecified atom stereocenters. The van der Waals surface area contributed by atoms with Crippen LogP contribution in [-0.4, -0.2) is 37.9 Å². The van der Waals surface area contributed by atoms with Gasteiger partial charge in [0.05, 0.1) is 18.5 Å². The average Bonchev–Trinajstić information content (AvgIpc) is 2.48. The largest absolute Gasteiger partial charge is 0.466 e. The first-order chi connectivity index (χ1) is 11.2. The van der Waals surface area contributed by atoms with E-state index < -0.39 is 17.7 Å². The molecule has 24 heavy (non-hydrogen) atoms. The molecule has 4 N–H and O–H groups in total. The molecule has 7 heteroatoms. The number of hydrogen-bond donors (Lipinski definition) is 3. The van der Waals surface area contributed by atoms with Crippen LogP contribution in [0.25, 0.3) is 6.08 Å². The number of carbonyl (C=O) groups excluding carboxylic acids is 2. The molecule has 1 rings (SSSR count). The van der Waals surface area contributed by atoms with Gasteiger partial charge in [0.25, 0.3) is 0 Å². The van der Waals surface area contributed by atoms with Crippen molar-refractivity contribution in [2.24, 2.45) is 0 Å². The maximum atomic E-state index is 11.5. The predicted molar refractivity (Wildman–Crippen MR) is 94.6 cm³/mol. The number of anilines is 2. The number of alkyl carbamates (subject to hydrolysis) is 1. The van der Waals surface area contributed by atoms with Crippen LogP contribution in [0, 0.1) is 0 Å². The number of methoxy groups -OCH3 is 1. The number of hydrogen-bond acceptors (Lipinski definition) is 6. The van der Waals surface area contributed by atoms with Crippen LogP contribution in [0.15, 0.2) is 24.3 Å². The van der Waals surface area contributed by atoms with Gasteiger partial charge in [-0.3, -0.25) is 0 Å². The lowest BCUT2D eigenvalue weighted by atomic mass is 10.1. The molecule has 0 heterocycles. The molecule has 0 saturated carbocycles. The highest BCUT2D eigenvalue weighted by atomic mass is 16.6. The number of nitrogen functional groups attached to an aromatic ring is 1. The second kappa shape index (κ2) is 8.81. The first-order valence-electron chi connectivity index (χ1n) is 7.57. The highest BCUT2D eigenvalue weighted by Crippen LogP contribution is 2.20. The van der Waals surface area contributed by atoms with E-state index in [0.717, 1.165) is 11.3 Å². The minimum absolute atomic E-state index is 0.401. The Bertz CT molecular complexity index is 606. The van der Waals surface area contributed by atoms with Gasteiger partial charge in [0.15, 0.2) is 0 Å². The van der Waals surface area contributed by atoms with Crippen LogP contribution in [0.3, 0.4) is 0 Å². The Morgan fingerprint density at radius 2 is 1.96 bits per heavy atom. The molecule has 0 radical (unpaired) electrons. The Balaban J connectivity index is 2.45. The van der Waals surface area contributed by atoms with Crippen molar-refractivity contribution in [2.45, 2.75) is 26.4 Å². The van der Waals surface area contributed by atoms with Crippen LogP contribution >= 0.6 is 0 Å². The third kappa shape index (κ3) is 7.53. The Kier molecular flexibility index (Phi) is 7.10. The van der Waals surface area contributed by atoms with Crippen molar-refractivity contribution in [3.63, 3.8) is 0 Å². The standard InChI is InChI=1S/C17H25N3O4/c1-17(2,3)24-16(22)20-10-9-19-14-7-5-12(11-13(14)18)6-8-15(21)23-4/h5-8,11,19H,9-10,18H2,1-4H3,(H,20,22)/b8-6+. The fourth-order valence-corrected chi connectivity index (χ4v) is 1.75. The number of nitrogens with two attached hydrogens (primary N) is 1. The summed E-state index contributed by atoms with van der Waals surface area (Å²) in [5, 5.41) is 5.78. The van der Waals surface area contributed by atoms with Gasteiger partial charge < -0.3 is 25.8 Å². The predicted octanol–water partition coefficient (Wildman–Crippen LogP) is 2.39. The van der Waals surface area contributed by atoms with Gasteiger partial charge in [-0.2, -0.15) is 0 Å². The van der Waals surface area contributed by atoms with Crippen LogP contribution in [-0.2, 0) is 14.3 Å². The molecule has 1 amide bonds. The monoisotopic (exact) mass is 335 g/mol. The highest BCUT2D eigenvalue weighted by molar-refractivity contribution is 5.87. The molecule has 0 bridgehead atoms. The SMILES string of the molecule is COC(=O)/C=C/c1ccc(NCCNC(=O)OC(C)(C)C)c(N)c1. The summed E-state index contributed by atoms with van der Waals surface area (Å²) in [6, 6.07) is 5.36. The molecule has 0 atom stereocenters. The number of rotatable bonds is 6. The smallest absolute Gasteiger partial charge is 0.407 e. The molecule has 0 aliphatic carbocycles. The minimum atomic E-state index is -0.518. The molecule has 1 aromatic rings. The van der Waals surface area contributed by atoms with Gasteiger partial charge in [0, 0.05) is 19.2 Å². The van der Waals surface area contributed by atoms with E-state index in [1.54, 1.807) is 18.2 Å². The molecule has 132 valence electrons. The lowest BCUT2D eigenvalue weighted by Crippen LogP contribution is -2.35. The number of benzene rings is 1. The molecule has 0 aliphatic rings. The molecule has 0 aliphatic heterocycles. The summed E-state index contributed by atoms with van der Waals surface area (Å²) < 4.78 is 9.66. The lowest BCUT2D eigenvalue weighted by molar-refractivity contribution is -0.134. The first-order valence-corrected chi connectivity index (χ1v) is 7.57.